The fourth-order valence-electron chi connectivity index (χ4n) is 5.80. The van der Waals surface area contributed by atoms with Crippen LogP contribution < -0.4 is 11.2 Å². The molecule has 1 amide bonds. The van der Waals surface area contributed by atoms with Crippen molar-refractivity contribution in [3.63, 3.8) is 0 Å². The predicted molar refractivity (Wildman–Crippen MR) is 122 cm³/mol. The first-order valence-electron chi connectivity index (χ1n) is 11.9. The number of carbonyl (C=O) groups is 2. The third-order valence-corrected chi connectivity index (χ3v) is 7.68. The number of hydrogen-bond donors (Lipinski definition) is 2. The first-order valence-corrected chi connectivity index (χ1v) is 11.9. The van der Waals surface area contributed by atoms with Crippen molar-refractivity contribution in [3.8, 4) is 0 Å². The highest BCUT2D eigenvalue weighted by Crippen LogP contribution is 2.57. The monoisotopic (exact) mass is 459 g/mol. The highest BCUT2D eigenvalue weighted by Gasteiger charge is 2.55. The molecule has 2 aromatic heterocycles. The molecule has 3 aliphatic rings. The Labute approximate surface area is 191 Å². The van der Waals surface area contributed by atoms with Crippen LogP contribution in [0.25, 0.3) is 11.2 Å². The van der Waals surface area contributed by atoms with Gasteiger partial charge in [0, 0.05) is 31.0 Å². The van der Waals surface area contributed by atoms with E-state index in [2.05, 4.69) is 4.98 Å². The normalized spacial score (nSPS) is 24.3. The van der Waals surface area contributed by atoms with Gasteiger partial charge in [-0.15, -0.1) is 0 Å². The van der Waals surface area contributed by atoms with Gasteiger partial charge in [-0.1, -0.05) is 13.8 Å². The molecule has 33 heavy (non-hydrogen) atoms. The zero-order chi connectivity index (χ0) is 24.0. The second-order valence-electron chi connectivity index (χ2n) is 9.79. The van der Waals surface area contributed by atoms with E-state index in [1.807, 2.05) is 13.8 Å². The molecule has 5 rings (SSSR count). The molecule has 2 heterocycles. The lowest BCUT2D eigenvalue weighted by Gasteiger charge is -2.52. The van der Waals surface area contributed by atoms with Crippen molar-refractivity contribution >= 4 is 23.0 Å². The molecule has 0 unspecified atom stereocenters. The number of nitrogens with zero attached hydrogens (tertiary/aromatic N) is 4. The van der Waals surface area contributed by atoms with Gasteiger partial charge in [-0.05, 0) is 51.4 Å². The lowest BCUT2D eigenvalue weighted by atomic mass is 9.53. The Kier molecular flexibility index (Phi) is 5.96. The van der Waals surface area contributed by atoms with Crippen LogP contribution in [0.3, 0.4) is 0 Å². The molecule has 3 saturated carbocycles. The van der Waals surface area contributed by atoms with E-state index in [0.717, 1.165) is 31.5 Å². The molecule has 0 spiro atoms. The number of carboxylic acid groups (broad SMARTS) is 1. The number of imidazole rings is 1. The van der Waals surface area contributed by atoms with Crippen molar-refractivity contribution in [2.75, 3.05) is 13.6 Å². The van der Waals surface area contributed by atoms with Crippen LogP contribution in [0.1, 0.15) is 71.0 Å². The van der Waals surface area contributed by atoms with E-state index in [4.69, 9.17) is 10.1 Å². The zero-order valence-corrected chi connectivity index (χ0v) is 19.6. The minimum Gasteiger partial charge on any atom is -0.480 e. The van der Waals surface area contributed by atoms with Crippen molar-refractivity contribution in [3.05, 3.63) is 26.7 Å². The molecule has 0 aliphatic heterocycles. The number of carboxylic acids is 1. The lowest BCUT2D eigenvalue weighted by molar-refractivity contribution is -0.153. The Morgan fingerprint density at radius 1 is 1.03 bits per heavy atom. The number of aromatic nitrogens is 4. The Hall–Kier alpha value is -2.91. The average Bonchev–Trinajstić information content (AvgIpc) is 3.26. The molecule has 0 radical (unpaired) electrons. The number of carbonyl (C=O) groups excluding carboxylic acids is 1. The lowest BCUT2D eigenvalue weighted by Crippen LogP contribution is -2.53. The number of H-pyrrole nitrogens is 1. The number of aryl methyl sites for hydroxylation is 1. The second-order valence-corrected chi connectivity index (χ2v) is 9.79. The Balaban J connectivity index is 1.69. The van der Waals surface area contributed by atoms with Crippen LogP contribution in [0.2, 0.25) is 0 Å². The fourth-order valence-corrected chi connectivity index (χ4v) is 5.80. The maximum atomic E-state index is 13.1. The topological polar surface area (TPSA) is 130 Å². The molecule has 10 heteroatoms. The highest BCUT2D eigenvalue weighted by molar-refractivity contribution is 5.86. The van der Waals surface area contributed by atoms with Crippen LogP contribution in [-0.4, -0.2) is 54.6 Å². The van der Waals surface area contributed by atoms with Gasteiger partial charge in [-0.2, -0.15) is 0 Å². The van der Waals surface area contributed by atoms with Gasteiger partial charge in [0.15, 0.2) is 5.65 Å². The zero-order valence-electron chi connectivity index (χ0n) is 19.6. The van der Waals surface area contributed by atoms with Gasteiger partial charge in [-0.25, -0.2) is 9.78 Å². The molecule has 2 aromatic rings. The van der Waals surface area contributed by atoms with E-state index in [1.54, 1.807) is 11.6 Å². The number of aliphatic carboxylic acids is 1. The molecule has 0 saturated heterocycles. The van der Waals surface area contributed by atoms with Crippen molar-refractivity contribution in [1.29, 1.82) is 0 Å². The van der Waals surface area contributed by atoms with Crippen LogP contribution in [0.5, 0.6) is 0 Å². The number of aromatic amines is 1. The van der Waals surface area contributed by atoms with E-state index in [0.29, 0.717) is 49.9 Å². The first kappa shape index (κ1) is 23.3. The van der Waals surface area contributed by atoms with E-state index in [1.165, 1.54) is 9.47 Å². The Morgan fingerprint density at radius 2 is 1.61 bits per heavy atom. The smallest absolute Gasteiger partial charge is 0.332 e. The van der Waals surface area contributed by atoms with Gasteiger partial charge in [0.2, 0.25) is 5.91 Å². The molecular weight excluding hydrogens is 426 g/mol. The summed E-state index contributed by atoms with van der Waals surface area (Å²) in [5, 5.41) is 9.05. The number of amides is 1. The molecule has 0 atom stereocenters. The maximum absolute atomic E-state index is 13.1. The summed E-state index contributed by atoms with van der Waals surface area (Å²) in [4.78, 5) is 59.6. The van der Waals surface area contributed by atoms with Gasteiger partial charge in [0.1, 0.15) is 17.9 Å². The number of hydrogen-bond acceptors (Lipinski definition) is 5. The first-order chi connectivity index (χ1) is 15.7. The van der Waals surface area contributed by atoms with Crippen LogP contribution in [-0.2, 0) is 28.1 Å². The van der Waals surface area contributed by atoms with Crippen LogP contribution >= 0.6 is 0 Å². The van der Waals surface area contributed by atoms with E-state index in [9.17, 15) is 19.2 Å². The summed E-state index contributed by atoms with van der Waals surface area (Å²) < 4.78 is 2.89. The molecule has 0 aromatic carbocycles. The molecule has 2 bridgehead atoms. The third-order valence-electron chi connectivity index (χ3n) is 7.68. The van der Waals surface area contributed by atoms with E-state index >= 15 is 0 Å². The predicted octanol–water partition coefficient (Wildman–Crippen LogP) is 1.84. The summed E-state index contributed by atoms with van der Waals surface area (Å²) in [6.45, 7) is 4.48. The van der Waals surface area contributed by atoms with Crippen LogP contribution in [0, 0.1) is 5.41 Å². The highest BCUT2D eigenvalue weighted by atomic mass is 16.4. The van der Waals surface area contributed by atoms with Crippen molar-refractivity contribution < 1.29 is 14.7 Å². The van der Waals surface area contributed by atoms with Gasteiger partial charge in [0.25, 0.3) is 5.56 Å². The molecule has 3 aliphatic carbocycles. The molecule has 2 N–H and O–H groups in total. The third kappa shape index (κ3) is 3.69. The Morgan fingerprint density at radius 3 is 2.15 bits per heavy atom. The largest absolute Gasteiger partial charge is 0.480 e. The Bertz CT molecular complexity index is 1180. The van der Waals surface area contributed by atoms with Gasteiger partial charge in [-0.3, -0.25) is 23.5 Å². The maximum Gasteiger partial charge on any atom is 0.332 e. The fraction of sp³-hybridized carbons (Fsp3) is 0.696. The SMILES string of the molecule is CCCn1c(=O)c2[nH]c(C34CCC(C(=O)N(C)CC(=O)O)(CC3)CC4)nc2n(CCC)c1=O. The second kappa shape index (κ2) is 8.46. The average molecular weight is 460 g/mol. The van der Waals surface area contributed by atoms with Gasteiger partial charge in [0.05, 0.1) is 0 Å². The molecular formula is C23H33N5O5. The standard InChI is InChI=1S/C23H33N5O5/c1-4-12-27-17-16(18(31)28(13-5-2)21(27)33)24-19(25-17)22-6-9-23(10-7-22,11-8-22)20(32)26(3)14-15(29)30/h4-14H2,1-3H3,(H,24,25)(H,29,30). The number of nitrogens with one attached hydrogen (secondary N) is 1. The van der Waals surface area contributed by atoms with Crippen LogP contribution in [0.4, 0.5) is 0 Å². The number of likely N-dealkylation sites (N-methyl/N-ethyl adjacent to an activating group) is 1. The van der Waals surface area contributed by atoms with Gasteiger partial charge < -0.3 is 15.0 Å². The summed E-state index contributed by atoms with van der Waals surface area (Å²) >= 11 is 0. The molecule has 3 fully saturated rings. The molecule has 180 valence electrons. The number of rotatable bonds is 8. The summed E-state index contributed by atoms with van der Waals surface area (Å²) in [5.74, 6) is -0.382. The van der Waals surface area contributed by atoms with E-state index in [-0.39, 0.29) is 29.1 Å². The quantitative estimate of drug-likeness (QED) is 0.619. The number of fused-ring (bicyclic) bond motifs is 4. The van der Waals surface area contributed by atoms with Crippen molar-refractivity contribution in [1.82, 2.24) is 24.0 Å². The molecule has 10 nitrogen and oxygen atoms in total. The van der Waals surface area contributed by atoms with Crippen LogP contribution in [0.15, 0.2) is 9.59 Å². The van der Waals surface area contributed by atoms with E-state index < -0.39 is 11.4 Å². The summed E-state index contributed by atoms with van der Waals surface area (Å²) in [7, 11) is 1.55. The van der Waals surface area contributed by atoms with Gasteiger partial charge >= 0.3 is 11.7 Å². The minimum absolute atomic E-state index is 0.0953. The summed E-state index contributed by atoms with van der Waals surface area (Å²) in [5.41, 5.74) is -0.628. The van der Waals surface area contributed by atoms with Crippen molar-refractivity contribution in [2.24, 2.45) is 5.41 Å². The summed E-state index contributed by atoms with van der Waals surface area (Å²) in [6.07, 6.45) is 5.63. The summed E-state index contributed by atoms with van der Waals surface area (Å²) in [6, 6.07) is 0. The minimum atomic E-state index is -1.02. The van der Waals surface area contributed by atoms with Crippen molar-refractivity contribution in [2.45, 2.75) is 83.7 Å².